The summed E-state index contributed by atoms with van der Waals surface area (Å²) in [6.07, 6.45) is -1.87. The first-order valence-electron chi connectivity index (χ1n) is 5.96. The summed E-state index contributed by atoms with van der Waals surface area (Å²) >= 11 is 0. The number of rotatable bonds is 12. The molecule has 11 nitrogen and oxygen atoms in total. The molecule has 13 heteroatoms. The van der Waals surface area contributed by atoms with Gasteiger partial charge in [-0.1, -0.05) is 0 Å². The first-order valence-corrected chi connectivity index (χ1v) is 9.44. The van der Waals surface area contributed by atoms with Crippen LogP contribution in [0.1, 0.15) is 12.8 Å². The zero-order valence-electron chi connectivity index (χ0n) is 11.3. The van der Waals surface area contributed by atoms with E-state index in [1.165, 1.54) is 0 Å². The maximum atomic E-state index is 11.4. The molecule has 0 rings (SSSR count). The average molecular weight is 352 g/mol. The maximum Gasteiger partial charge on any atom is 0.331 e. The molecule has 0 radical (unpaired) electrons. The molecule has 0 aromatic rings. The Bertz CT molecular complexity index is 371. The molecule has 0 aliphatic heterocycles. The number of hydrogen-bond acceptors (Lipinski definition) is 7. The van der Waals surface area contributed by atoms with Gasteiger partial charge < -0.3 is 29.1 Å². The van der Waals surface area contributed by atoms with E-state index in [0.717, 1.165) is 0 Å². The minimum absolute atomic E-state index is 0.0761. The molecule has 0 saturated heterocycles. The highest BCUT2D eigenvalue weighted by Gasteiger charge is 2.37. The summed E-state index contributed by atoms with van der Waals surface area (Å²) in [4.78, 5) is 44.8. The summed E-state index contributed by atoms with van der Waals surface area (Å²) in [5.41, 5.74) is -1.33. The fraction of sp³-hybridized carbons (Fsp3) is 1.00. The van der Waals surface area contributed by atoms with Gasteiger partial charge in [-0.25, -0.2) is 11.8 Å². The molecule has 0 bridgehead atoms. The SMILES string of the molecule is NOCCOCC(ON)C(CCCP(=O)(O)O)P(=O)(O)O. The molecule has 0 aliphatic carbocycles. The number of hydrogen-bond donors (Lipinski definition) is 6. The van der Waals surface area contributed by atoms with Crippen LogP contribution in [-0.2, 0) is 23.5 Å². The lowest BCUT2D eigenvalue weighted by atomic mass is 10.1. The summed E-state index contributed by atoms with van der Waals surface area (Å²) in [5, 5.41) is 0. The number of nitrogens with two attached hydrogens (primary N) is 2. The van der Waals surface area contributed by atoms with Crippen LogP contribution in [0, 0.1) is 0 Å². The van der Waals surface area contributed by atoms with E-state index in [2.05, 4.69) is 9.68 Å². The van der Waals surface area contributed by atoms with Crippen molar-refractivity contribution in [1.29, 1.82) is 0 Å². The van der Waals surface area contributed by atoms with E-state index in [1.54, 1.807) is 0 Å². The molecule has 0 aromatic heterocycles. The molecule has 0 fully saturated rings. The first-order chi connectivity index (χ1) is 9.61. The second-order valence-electron chi connectivity index (χ2n) is 4.31. The van der Waals surface area contributed by atoms with Gasteiger partial charge in [-0.15, -0.1) is 0 Å². The molecule has 8 N–H and O–H groups in total. The van der Waals surface area contributed by atoms with Crippen molar-refractivity contribution in [3.05, 3.63) is 0 Å². The largest absolute Gasteiger partial charge is 0.376 e. The van der Waals surface area contributed by atoms with E-state index in [0.29, 0.717) is 0 Å². The molecule has 0 aromatic carbocycles. The highest BCUT2D eigenvalue weighted by atomic mass is 31.2. The standard InChI is InChI=1S/C8H22N2O9P2/c9-18-4-3-17-6-7(19-10)8(21(14,15)16)2-1-5-20(11,12)13/h7-8H,1-6,9-10H2,(H2,11,12,13)(H2,14,15,16). The normalized spacial score (nSPS) is 15.9. The van der Waals surface area contributed by atoms with Gasteiger partial charge >= 0.3 is 15.2 Å². The van der Waals surface area contributed by atoms with E-state index in [1.807, 2.05) is 0 Å². The minimum atomic E-state index is -4.58. The maximum absolute atomic E-state index is 11.4. The molecular weight excluding hydrogens is 330 g/mol. The average Bonchev–Trinajstić information content (AvgIpc) is 2.33. The summed E-state index contributed by atoms with van der Waals surface area (Å²) in [6, 6.07) is 0. The molecular formula is C8H22N2O9P2. The highest BCUT2D eigenvalue weighted by molar-refractivity contribution is 7.52. The summed E-state index contributed by atoms with van der Waals surface area (Å²) in [7, 11) is -8.81. The Morgan fingerprint density at radius 3 is 2.10 bits per heavy atom. The predicted octanol–water partition coefficient (Wildman–Crippen LogP) is -1.34. The zero-order valence-corrected chi connectivity index (χ0v) is 13.1. The van der Waals surface area contributed by atoms with Gasteiger partial charge in [0.2, 0.25) is 0 Å². The smallest absolute Gasteiger partial charge is 0.331 e. The van der Waals surface area contributed by atoms with E-state index in [-0.39, 0.29) is 32.7 Å². The monoisotopic (exact) mass is 352 g/mol. The van der Waals surface area contributed by atoms with Gasteiger partial charge in [-0.2, -0.15) is 0 Å². The Kier molecular flexibility index (Phi) is 10.0. The van der Waals surface area contributed by atoms with Crippen molar-refractivity contribution in [2.45, 2.75) is 24.6 Å². The molecule has 0 amide bonds. The lowest BCUT2D eigenvalue weighted by Crippen LogP contribution is -2.36. The van der Waals surface area contributed by atoms with Crippen LogP contribution < -0.4 is 11.8 Å². The molecule has 0 saturated carbocycles. The molecule has 0 heterocycles. The lowest BCUT2D eigenvalue weighted by molar-refractivity contribution is -0.0372. The van der Waals surface area contributed by atoms with E-state index >= 15 is 0 Å². The summed E-state index contributed by atoms with van der Waals surface area (Å²) in [5.74, 6) is 9.79. The van der Waals surface area contributed by atoms with Crippen molar-refractivity contribution >= 4 is 15.2 Å². The second kappa shape index (κ2) is 9.98. The van der Waals surface area contributed by atoms with Crippen molar-refractivity contribution in [1.82, 2.24) is 0 Å². The van der Waals surface area contributed by atoms with Crippen molar-refractivity contribution in [3.8, 4) is 0 Å². The zero-order chi connectivity index (χ0) is 16.5. The topological polar surface area (TPSA) is 195 Å². The van der Waals surface area contributed by atoms with Crippen LogP contribution >= 0.6 is 15.2 Å². The summed E-state index contributed by atoms with van der Waals surface area (Å²) < 4.78 is 27.2. The molecule has 21 heavy (non-hydrogen) atoms. The van der Waals surface area contributed by atoms with Gasteiger partial charge in [0, 0.05) is 6.16 Å². The van der Waals surface area contributed by atoms with Crippen molar-refractivity contribution in [3.63, 3.8) is 0 Å². The number of ether oxygens (including phenoxy) is 1. The van der Waals surface area contributed by atoms with Gasteiger partial charge in [-0.05, 0) is 12.8 Å². The quantitative estimate of drug-likeness (QED) is 0.138. The van der Waals surface area contributed by atoms with Crippen LogP contribution in [-0.4, -0.2) is 57.3 Å². The molecule has 0 spiro atoms. The van der Waals surface area contributed by atoms with Crippen LogP contribution in [0.2, 0.25) is 0 Å². The van der Waals surface area contributed by atoms with Gasteiger partial charge in [0.25, 0.3) is 0 Å². The Morgan fingerprint density at radius 1 is 1.05 bits per heavy atom. The van der Waals surface area contributed by atoms with Crippen LogP contribution in [0.25, 0.3) is 0 Å². The van der Waals surface area contributed by atoms with E-state index in [9.17, 15) is 18.9 Å². The van der Waals surface area contributed by atoms with Gasteiger partial charge in [-0.3, -0.25) is 14.0 Å². The van der Waals surface area contributed by atoms with Crippen molar-refractivity contribution in [2.24, 2.45) is 11.8 Å². The highest BCUT2D eigenvalue weighted by Crippen LogP contribution is 2.47. The second-order valence-corrected chi connectivity index (χ2v) is 7.93. The third-order valence-corrected chi connectivity index (χ3v) is 4.97. The van der Waals surface area contributed by atoms with Crippen LogP contribution in [0.3, 0.4) is 0 Å². The molecule has 2 unspecified atom stereocenters. The van der Waals surface area contributed by atoms with Gasteiger partial charge in [0.05, 0.1) is 25.5 Å². The Balaban J connectivity index is 4.55. The van der Waals surface area contributed by atoms with Crippen LogP contribution in [0.4, 0.5) is 0 Å². The lowest BCUT2D eigenvalue weighted by Gasteiger charge is -2.26. The Morgan fingerprint density at radius 2 is 1.67 bits per heavy atom. The fourth-order valence-corrected chi connectivity index (χ4v) is 3.33. The molecule has 128 valence electrons. The van der Waals surface area contributed by atoms with Crippen LogP contribution in [0.5, 0.6) is 0 Å². The molecule has 2 atom stereocenters. The third kappa shape index (κ3) is 10.5. The minimum Gasteiger partial charge on any atom is -0.376 e. The van der Waals surface area contributed by atoms with Crippen molar-refractivity contribution < 1.29 is 43.1 Å². The Labute approximate surface area is 121 Å². The van der Waals surface area contributed by atoms with E-state index in [4.69, 9.17) is 26.3 Å². The predicted molar refractivity (Wildman–Crippen MR) is 72.0 cm³/mol. The third-order valence-electron chi connectivity index (χ3n) is 2.61. The fourth-order valence-electron chi connectivity index (χ4n) is 1.62. The summed E-state index contributed by atoms with van der Waals surface area (Å²) in [6.45, 7) is -0.0612. The van der Waals surface area contributed by atoms with E-state index < -0.39 is 33.1 Å². The van der Waals surface area contributed by atoms with Crippen molar-refractivity contribution in [2.75, 3.05) is 26.0 Å². The van der Waals surface area contributed by atoms with Crippen LogP contribution in [0.15, 0.2) is 0 Å². The first kappa shape index (κ1) is 21.1. The van der Waals surface area contributed by atoms with Gasteiger partial charge in [0.1, 0.15) is 6.10 Å². The van der Waals surface area contributed by atoms with Gasteiger partial charge in [0.15, 0.2) is 0 Å². The Hall–Kier alpha value is 0.1000. The molecule has 0 aliphatic rings.